The molecule has 1 unspecified atom stereocenters. The minimum Gasteiger partial charge on any atom is -0.411 e. The van der Waals surface area contributed by atoms with Crippen molar-refractivity contribution in [2.75, 3.05) is 18.5 Å². The molecule has 6 nitrogen and oxygen atoms in total. The lowest BCUT2D eigenvalue weighted by molar-refractivity contribution is -0.119. The van der Waals surface area contributed by atoms with Crippen LogP contribution in [0, 0.1) is 5.92 Å². The summed E-state index contributed by atoms with van der Waals surface area (Å²) in [5.74, 6) is -0.156. The molecule has 2 rings (SSSR count). The van der Waals surface area contributed by atoms with Gasteiger partial charge in [0, 0.05) is 12.0 Å². The van der Waals surface area contributed by atoms with Gasteiger partial charge in [-0.1, -0.05) is 5.16 Å². The fraction of sp³-hybridized carbons (Fsp3) is 0.500. The highest BCUT2D eigenvalue weighted by molar-refractivity contribution is 7.14. The molecule has 1 aromatic rings. The number of rotatable bonds is 3. The topological polar surface area (TPSA) is 83.8 Å². The number of aromatic nitrogens is 1. The van der Waals surface area contributed by atoms with Crippen molar-refractivity contribution in [2.45, 2.75) is 13.3 Å². The summed E-state index contributed by atoms with van der Waals surface area (Å²) in [4.78, 5) is 15.9. The van der Waals surface area contributed by atoms with Crippen LogP contribution in [0.3, 0.4) is 0 Å². The van der Waals surface area contributed by atoms with Gasteiger partial charge in [-0.15, -0.1) is 11.3 Å². The Bertz CT molecular complexity index is 438. The number of nitrogens with one attached hydrogen (secondary N) is 1. The predicted octanol–water partition coefficient (Wildman–Crippen LogP) is 1.32. The summed E-state index contributed by atoms with van der Waals surface area (Å²) in [5, 5.41) is 16.6. The second-order valence-corrected chi connectivity index (χ2v) is 4.63. The lowest BCUT2D eigenvalue weighted by Gasteiger charge is -2.05. The van der Waals surface area contributed by atoms with E-state index < -0.39 is 0 Å². The van der Waals surface area contributed by atoms with Gasteiger partial charge < -0.3 is 15.3 Å². The van der Waals surface area contributed by atoms with Crippen LogP contribution in [0.2, 0.25) is 0 Å². The number of thiazole rings is 1. The zero-order valence-corrected chi connectivity index (χ0v) is 10.2. The number of ether oxygens (including phenoxy) is 1. The molecule has 1 fully saturated rings. The second kappa shape index (κ2) is 5.24. The van der Waals surface area contributed by atoms with Crippen LogP contribution >= 0.6 is 11.3 Å². The molecule has 1 aliphatic rings. The molecule has 1 aliphatic heterocycles. The normalized spacial score (nSPS) is 20.5. The first-order valence-electron chi connectivity index (χ1n) is 5.24. The highest BCUT2D eigenvalue weighted by atomic mass is 32.1. The lowest BCUT2D eigenvalue weighted by atomic mass is 10.1. The van der Waals surface area contributed by atoms with Crippen LogP contribution < -0.4 is 5.32 Å². The summed E-state index contributed by atoms with van der Waals surface area (Å²) in [6.07, 6.45) is 0.751. The van der Waals surface area contributed by atoms with E-state index in [1.54, 1.807) is 12.3 Å². The summed E-state index contributed by atoms with van der Waals surface area (Å²) in [6, 6.07) is 0. The average molecular weight is 255 g/mol. The van der Waals surface area contributed by atoms with Crippen molar-refractivity contribution in [3.05, 3.63) is 11.1 Å². The Morgan fingerprint density at radius 2 is 2.59 bits per heavy atom. The van der Waals surface area contributed by atoms with Gasteiger partial charge in [0.25, 0.3) is 0 Å². The maximum absolute atomic E-state index is 11.8. The SMILES string of the molecule is CC(=NO)c1csc(NC(=O)C2CCOC2)n1. The van der Waals surface area contributed by atoms with E-state index in [1.165, 1.54) is 11.3 Å². The number of hydrogen-bond acceptors (Lipinski definition) is 6. The van der Waals surface area contributed by atoms with Crippen LogP contribution in [0.15, 0.2) is 10.5 Å². The quantitative estimate of drug-likeness (QED) is 0.484. The van der Waals surface area contributed by atoms with Crippen molar-refractivity contribution >= 4 is 28.1 Å². The standard InChI is InChI=1S/C10H13N3O3S/c1-6(13-15)8-5-17-10(11-8)12-9(14)7-2-3-16-4-7/h5,7,15H,2-4H2,1H3,(H,11,12,14). The van der Waals surface area contributed by atoms with Gasteiger partial charge in [-0.05, 0) is 13.3 Å². The van der Waals surface area contributed by atoms with Gasteiger partial charge in [-0.25, -0.2) is 4.98 Å². The number of carbonyl (C=O) groups excluding carboxylic acids is 1. The first-order chi connectivity index (χ1) is 8.20. The molecule has 2 heterocycles. The molecule has 0 spiro atoms. The lowest BCUT2D eigenvalue weighted by Crippen LogP contribution is -2.22. The summed E-state index contributed by atoms with van der Waals surface area (Å²) in [5.41, 5.74) is 0.987. The highest BCUT2D eigenvalue weighted by Gasteiger charge is 2.24. The maximum atomic E-state index is 11.8. The number of hydrogen-bond donors (Lipinski definition) is 2. The molecule has 17 heavy (non-hydrogen) atoms. The van der Waals surface area contributed by atoms with Crippen LogP contribution in [0.1, 0.15) is 19.0 Å². The third-order valence-electron chi connectivity index (χ3n) is 2.56. The number of carbonyl (C=O) groups is 1. The zero-order chi connectivity index (χ0) is 12.3. The molecule has 0 saturated carbocycles. The van der Waals surface area contributed by atoms with Crippen LogP contribution in [0.4, 0.5) is 5.13 Å². The number of oxime groups is 1. The molecule has 0 radical (unpaired) electrons. The molecular weight excluding hydrogens is 242 g/mol. The zero-order valence-electron chi connectivity index (χ0n) is 9.34. The first kappa shape index (κ1) is 12.0. The summed E-state index contributed by atoms with van der Waals surface area (Å²) >= 11 is 1.30. The Labute approximate surface area is 102 Å². The minimum absolute atomic E-state index is 0.0676. The van der Waals surface area contributed by atoms with Crippen molar-refractivity contribution in [2.24, 2.45) is 11.1 Å². The third-order valence-corrected chi connectivity index (χ3v) is 3.31. The van der Waals surface area contributed by atoms with E-state index in [4.69, 9.17) is 9.94 Å². The van der Waals surface area contributed by atoms with Gasteiger partial charge in [0.2, 0.25) is 5.91 Å². The largest absolute Gasteiger partial charge is 0.411 e. The van der Waals surface area contributed by atoms with Crippen LogP contribution in [0.5, 0.6) is 0 Å². The Balaban J connectivity index is 1.99. The van der Waals surface area contributed by atoms with E-state index in [2.05, 4.69) is 15.5 Å². The fourth-order valence-electron chi connectivity index (χ4n) is 1.50. The molecule has 1 aromatic heterocycles. The summed E-state index contributed by atoms with van der Waals surface area (Å²) < 4.78 is 5.15. The Kier molecular flexibility index (Phi) is 3.70. The van der Waals surface area contributed by atoms with Crippen molar-refractivity contribution in [1.29, 1.82) is 0 Å². The van der Waals surface area contributed by atoms with Crippen LogP contribution in [-0.2, 0) is 9.53 Å². The molecule has 0 aromatic carbocycles. The average Bonchev–Trinajstić information content (AvgIpc) is 2.98. The van der Waals surface area contributed by atoms with Gasteiger partial charge in [0.15, 0.2) is 5.13 Å². The molecular formula is C10H13N3O3S. The van der Waals surface area contributed by atoms with Gasteiger partial charge >= 0.3 is 0 Å². The van der Waals surface area contributed by atoms with Gasteiger partial charge in [-0.2, -0.15) is 0 Å². The number of amides is 1. The molecule has 7 heteroatoms. The molecule has 2 N–H and O–H groups in total. The fourth-order valence-corrected chi connectivity index (χ4v) is 2.25. The Morgan fingerprint density at radius 1 is 1.76 bits per heavy atom. The molecule has 92 valence electrons. The van der Waals surface area contributed by atoms with Crippen LogP contribution in [-0.4, -0.2) is 35.0 Å². The molecule has 1 amide bonds. The van der Waals surface area contributed by atoms with Crippen molar-refractivity contribution in [3.8, 4) is 0 Å². The second-order valence-electron chi connectivity index (χ2n) is 3.77. The highest BCUT2D eigenvalue weighted by Crippen LogP contribution is 2.19. The Morgan fingerprint density at radius 3 is 3.24 bits per heavy atom. The van der Waals surface area contributed by atoms with Crippen molar-refractivity contribution in [1.82, 2.24) is 4.98 Å². The Hall–Kier alpha value is -1.47. The molecule has 1 saturated heterocycles. The van der Waals surface area contributed by atoms with E-state index in [1.807, 2.05) is 0 Å². The molecule has 1 atom stereocenters. The monoisotopic (exact) mass is 255 g/mol. The molecule has 0 bridgehead atoms. The van der Waals surface area contributed by atoms with E-state index in [9.17, 15) is 4.79 Å². The van der Waals surface area contributed by atoms with Gasteiger partial charge in [0.1, 0.15) is 11.4 Å². The first-order valence-corrected chi connectivity index (χ1v) is 6.12. The van der Waals surface area contributed by atoms with Crippen molar-refractivity contribution in [3.63, 3.8) is 0 Å². The van der Waals surface area contributed by atoms with Crippen LogP contribution in [0.25, 0.3) is 0 Å². The van der Waals surface area contributed by atoms with Crippen molar-refractivity contribution < 1.29 is 14.7 Å². The maximum Gasteiger partial charge on any atom is 0.231 e. The summed E-state index contributed by atoms with van der Waals surface area (Å²) in [7, 11) is 0. The van der Waals surface area contributed by atoms with Gasteiger partial charge in [0.05, 0.1) is 12.5 Å². The smallest absolute Gasteiger partial charge is 0.231 e. The predicted molar refractivity (Wildman–Crippen MR) is 63.7 cm³/mol. The van der Waals surface area contributed by atoms with E-state index >= 15 is 0 Å². The minimum atomic E-state index is -0.0880. The third kappa shape index (κ3) is 2.80. The number of anilines is 1. The van der Waals surface area contributed by atoms with E-state index in [0.29, 0.717) is 29.8 Å². The summed E-state index contributed by atoms with van der Waals surface area (Å²) in [6.45, 7) is 2.75. The molecule has 0 aliphatic carbocycles. The van der Waals surface area contributed by atoms with E-state index in [-0.39, 0.29) is 11.8 Å². The van der Waals surface area contributed by atoms with E-state index in [0.717, 1.165) is 6.42 Å². The number of nitrogens with zero attached hydrogens (tertiary/aromatic N) is 2. The van der Waals surface area contributed by atoms with Gasteiger partial charge in [-0.3, -0.25) is 4.79 Å².